The molecule has 0 saturated heterocycles. The van der Waals surface area contributed by atoms with Crippen molar-refractivity contribution in [3.8, 4) is 0 Å². The molecule has 5 heteroatoms. The highest BCUT2D eigenvalue weighted by atomic mass is 16.6. The summed E-state index contributed by atoms with van der Waals surface area (Å²) < 4.78 is 7.10. The van der Waals surface area contributed by atoms with Crippen LogP contribution < -0.4 is 0 Å². The third-order valence-electron chi connectivity index (χ3n) is 2.73. The fourth-order valence-corrected chi connectivity index (χ4v) is 1.92. The van der Waals surface area contributed by atoms with Crippen LogP contribution >= 0.6 is 0 Å². The molecule has 0 N–H and O–H groups in total. The van der Waals surface area contributed by atoms with E-state index < -0.39 is 4.92 Å². The van der Waals surface area contributed by atoms with Crippen LogP contribution in [0.1, 0.15) is 5.56 Å². The van der Waals surface area contributed by atoms with Gasteiger partial charge in [0.05, 0.1) is 11.5 Å². The van der Waals surface area contributed by atoms with Crippen LogP contribution in [0.2, 0.25) is 0 Å². The molecule has 0 aliphatic rings. The van der Waals surface area contributed by atoms with Crippen molar-refractivity contribution in [2.45, 2.75) is 6.54 Å². The van der Waals surface area contributed by atoms with Crippen LogP contribution in [0.3, 0.4) is 0 Å². The highest BCUT2D eigenvalue weighted by molar-refractivity contribution is 5.89. The smallest absolute Gasteiger partial charge is 0.235 e. The molecule has 0 atom stereocenters. The maximum Gasteiger partial charge on any atom is 0.235 e. The summed E-state index contributed by atoms with van der Waals surface area (Å²) >= 11 is 0. The van der Waals surface area contributed by atoms with Crippen LogP contribution in [0.4, 0.5) is 0 Å². The number of rotatable bonds is 5. The molecule has 0 spiro atoms. The molecule has 0 fully saturated rings. The van der Waals surface area contributed by atoms with Crippen molar-refractivity contribution in [2.75, 3.05) is 13.7 Å². The molecule has 18 heavy (non-hydrogen) atoms. The van der Waals surface area contributed by atoms with E-state index in [9.17, 15) is 10.1 Å². The number of nitrogens with zero attached hydrogens (tertiary/aromatic N) is 2. The topological polar surface area (TPSA) is 57.3 Å². The normalized spacial score (nSPS) is 11.4. The Hall–Kier alpha value is -2.14. The lowest BCUT2D eigenvalue weighted by Crippen LogP contribution is -2.02. The molecular formula is C13H14N2O3. The summed E-state index contributed by atoms with van der Waals surface area (Å²) in [5.74, 6) is 0. The van der Waals surface area contributed by atoms with Crippen LogP contribution in [0.25, 0.3) is 17.0 Å². The Morgan fingerprint density at radius 2 is 2.22 bits per heavy atom. The van der Waals surface area contributed by atoms with E-state index in [1.54, 1.807) is 7.11 Å². The van der Waals surface area contributed by atoms with Crippen LogP contribution in [0.5, 0.6) is 0 Å². The van der Waals surface area contributed by atoms with E-state index in [0.29, 0.717) is 6.61 Å². The van der Waals surface area contributed by atoms with Gasteiger partial charge in [0.15, 0.2) is 0 Å². The summed E-state index contributed by atoms with van der Waals surface area (Å²) in [4.78, 5) is 9.92. The van der Waals surface area contributed by atoms with Crippen LogP contribution in [0.15, 0.2) is 36.7 Å². The molecule has 0 aliphatic carbocycles. The summed E-state index contributed by atoms with van der Waals surface area (Å²) in [7, 11) is 1.65. The number of methoxy groups -OCH3 is 1. The lowest BCUT2D eigenvalue weighted by Gasteiger charge is -2.03. The molecule has 5 nitrogen and oxygen atoms in total. The molecule has 2 aromatic rings. The lowest BCUT2D eigenvalue weighted by atomic mass is 10.2. The number of fused-ring (bicyclic) bond motifs is 1. The predicted molar refractivity (Wildman–Crippen MR) is 69.8 cm³/mol. The molecule has 1 aromatic carbocycles. The fraction of sp³-hybridized carbons (Fsp3) is 0.231. The van der Waals surface area contributed by atoms with Gasteiger partial charge in [-0.15, -0.1) is 0 Å². The largest absolute Gasteiger partial charge is 0.383 e. The third-order valence-corrected chi connectivity index (χ3v) is 2.73. The van der Waals surface area contributed by atoms with Crippen molar-refractivity contribution in [3.63, 3.8) is 0 Å². The average molecular weight is 246 g/mol. The van der Waals surface area contributed by atoms with Gasteiger partial charge < -0.3 is 9.30 Å². The Labute approximate surface area is 104 Å². The molecule has 0 unspecified atom stereocenters. The molecule has 1 aromatic heterocycles. The summed E-state index contributed by atoms with van der Waals surface area (Å²) in [5, 5.41) is 11.4. The van der Waals surface area contributed by atoms with Gasteiger partial charge in [-0.1, -0.05) is 18.2 Å². The van der Waals surface area contributed by atoms with Crippen molar-refractivity contribution in [1.82, 2.24) is 4.57 Å². The van der Waals surface area contributed by atoms with E-state index in [1.807, 2.05) is 35.0 Å². The lowest BCUT2D eigenvalue weighted by molar-refractivity contribution is -0.400. The van der Waals surface area contributed by atoms with Crippen molar-refractivity contribution in [3.05, 3.63) is 52.3 Å². The first-order chi connectivity index (χ1) is 8.72. The maximum absolute atomic E-state index is 10.4. The summed E-state index contributed by atoms with van der Waals surface area (Å²) in [5.41, 5.74) is 1.90. The minimum absolute atomic E-state index is 0.457. The van der Waals surface area contributed by atoms with Crippen molar-refractivity contribution in [2.24, 2.45) is 0 Å². The second kappa shape index (κ2) is 5.46. The number of nitro groups is 1. The minimum Gasteiger partial charge on any atom is -0.383 e. The number of benzene rings is 1. The van der Waals surface area contributed by atoms with Gasteiger partial charge in [-0.3, -0.25) is 10.1 Å². The van der Waals surface area contributed by atoms with E-state index in [4.69, 9.17) is 4.74 Å². The molecule has 0 radical (unpaired) electrons. The van der Waals surface area contributed by atoms with E-state index in [2.05, 4.69) is 0 Å². The minimum atomic E-state index is -0.457. The zero-order chi connectivity index (χ0) is 13.0. The number of ether oxygens (including phenoxy) is 1. The quantitative estimate of drug-likeness (QED) is 0.601. The second-order valence-corrected chi connectivity index (χ2v) is 3.89. The first kappa shape index (κ1) is 12.3. The Balaban J connectivity index is 2.43. The van der Waals surface area contributed by atoms with Crippen LogP contribution in [-0.4, -0.2) is 23.2 Å². The Morgan fingerprint density at radius 1 is 1.44 bits per heavy atom. The van der Waals surface area contributed by atoms with Crippen molar-refractivity contribution < 1.29 is 9.66 Å². The Bertz CT molecular complexity index is 587. The van der Waals surface area contributed by atoms with Gasteiger partial charge >= 0.3 is 0 Å². The van der Waals surface area contributed by atoms with Gasteiger partial charge in [0.2, 0.25) is 6.20 Å². The summed E-state index contributed by atoms with van der Waals surface area (Å²) in [6, 6.07) is 7.83. The van der Waals surface area contributed by atoms with Crippen LogP contribution in [0, 0.1) is 10.1 Å². The standard InChI is InChI=1S/C13H14N2O3/c1-18-9-8-14-10-11(6-7-15(16)17)12-4-2-3-5-13(12)14/h2-7,10H,8-9H2,1H3. The zero-order valence-corrected chi connectivity index (χ0v) is 10.1. The fourth-order valence-electron chi connectivity index (χ4n) is 1.92. The molecule has 0 amide bonds. The van der Waals surface area contributed by atoms with Gasteiger partial charge in [0, 0.05) is 42.4 Å². The third kappa shape index (κ3) is 2.57. The summed E-state index contributed by atoms with van der Waals surface area (Å²) in [6.45, 7) is 1.33. The first-order valence-electron chi connectivity index (χ1n) is 5.61. The number of para-hydroxylation sites is 1. The first-order valence-corrected chi connectivity index (χ1v) is 5.61. The van der Waals surface area contributed by atoms with Crippen molar-refractivity contribution >= 4 is 17.0 Å². The predicted octanol–water partition coefficient (Wildman–Crippen LogP) is 2.54. The maximum atomic E-state index is 10.4. The van der Waals surface area contributed by atoms with Gasteiger partial charge in [-0.25, -0.2) is 0 Å². The average Bonchev–Trinajstić information content (AvgIpc) is 2.72. The van der Waals surface area contributed by atoms with Crippen molar-refractivity contribution in [1.29, 1.82) is 0 Å². The molecular weight excluding hydrogens is 232 g/mol. The SMILES string of the molecule is COCCn1cc(C=C[N+](=O)[O-])c2ccccc21. The van der Waals surface area contributed by atoms with E-state index in [1.165, 1.54) is 6.08 Å². The van der Waals surface area contributed by atoms with E-state index in [-0.39, 0.29) is 0 Å². The molecule has 0 bridgehead atoms. The Morgan fingerprint density at radius 3 is 2.94 bits per heavy atom. The highest BCUT2D eigenvalue weighted by Crippen LogP contribution is 2.22. The Kier molecular flexibility index (Phi) is 3.74. The molecule has 2 rings (SSSR count). The van der Waals surface area contributed by atoms with Gasteiger partial charge in [0.1, 0.15) is 0 Å². The number of hydrogen-bond donors (Lipinski definition) is 0. The number of hydrogen-bond acceptors (Lipinski definition) is 3. The molecule has 0 saturated carbocycles. The monoisotopic (exact) mass is 246 g/mol. The van der Waals surface area contributed by atoms with E-state index in [0.717, 1.165) is 29.2 Å². The van der Waals surface area contributed by atoms with Gasteiger partial charge in [-0.05, 0) is 6.07 Å². The van der Waals surface area contributed by atoms with Gasteiger partial charge in [-0.2, -0.15) is 0 Å². The molecule has 94 valence electrons. The van der Waals surface area contributed by atoms with Gasteiger partial charge in [0.25, 0.3) is 0 Å². The second-order valence-electron chi connectivity index (χ2n) is 3.89. The van der Waals surface area contributed by atoms with E-state index >= 15 is 0 Å². The van der Waals surface area contributed by atoms with Crippen LogP contribution in [-0.2, 0) is 11.3 Å². The molecule has 1 heterocycles. The molecule has 0 aliphatic heterocycles. The summed E-state index contributed by atoms with van der Waals surface area (Å²) in [6.07, 6.45) is 4.39. The highest BCUT2D eigenvalue weighted by Gasteiger charge is 2.06. The zero-order valence-electron chi connectivity index (χ0n) is 10.1. The number of aromatic nitrogens is 1.